The van der Waals surface area contributed by atoms with Crippen LogP contribution in [0.15, 0.2) is 12.3 Å². The molecule has 0 spiro atoms. The van der Waals surface area contributed by atoms with Gasteiger partial charge in [-0.25, -0.2) is 9.97 Å². The van der Waals surface area contributed by atoms with Gasteiger partial charge in [-0.2, -0.15) is 0 Å². The summed E-state index contributed by atoms with van der Waals surface area (Å²) in [5.41, 5.74) is 0. The maximum atomic E-state index is 9.68. The zero-order valence-corrected chi connectivity index (χ0v) is 12.5. The van der Waals surface area contributed by atoms with Gasteiger partial charge in [0.1, 0.15) is 11.6 Å². The van der Waals surface area contributed by atoms with Crippen molar-refractivity contribution in [1.82, 2.24) is 14.9 Å². The van der Waals surface area contributed by atoms with Crippen molar-refractivity contribution < 1.29 is 5.11 Å². The minimum Gasteiger partial charge on any atom is -0.392 e. The van der Waals surface area contributed by atoms with Crippen LogP contribution in [0.25, 0.3) is 0 Å². The Balaban J connectivity index is 1.37. The highest BCUT2D eigenvalue weighted by atomic mass is 16.3. The summed E-state index contributed by atoms with van der Waals surface area (Å²) < 4.78 is 0. The van der Waals surface area contributed by atoms with Gasteiger partial charge in [-0.05, 0) is 38.2 Å². The van der Waals surface area contributed by atoms with Crippen LogP contribution in [0.1, 0.15) is 43.8 Å². The quantitative estimate of drug-likeness (QED) is 0.911. The van der Waals surface area contributed by atoms with Crippen molar-refractivity contribution in [1.29, 1.82) is 0 Å². The Hall–Kier alpha value is -1.20. The van der Waals surface area contributed by atoms with Crippen molar-refractivity contribution in [2.24, 2.45) is 0 Å². The largest absolute Gasteiger partial charge is 0.392 e. The molecule has 4 rings (SSSR count). The summed E-state index contributed by atoms with van der Waals surface area (Å²) in [5, 5.41) is 9.68. The molecule has 1 N–H and O–H groups in total. The highest BCUT2D eigenvalue weighted by Gasteiger charge is 2.31. The fourth-order valence-corrected chi connectivity index (χ4v) is 3.64. The van der Waals surface area contributed by atoms with Crippen molar-refractivity contribution in [3.05, 3.63) is 18.1 Å². The molecule has 2 aliphatic heterocycles. The maximum Gasteiger partial charge on any atom is 0.133 e. The Morgan fingerprint density at radius 1 is 1.05 bits per heavy atom. The summed E-state index contributed by atoms with van der Waals surface area (Å²) in [6.45, 7) is 4.06. The summed E-state index contributed by atoms with van der Waals surface area (Å²) in [6, 6.07) is 2.69. The van der Waals surface area contributed by atoms with Crippen LogP contribution in [-0.2, 0) is 0 Å². The Morgan fingerprint density at radius 3 is 2.52 bits per heavy atom. The highest BCUT2D eigenvalue weighted by molar-refractivity contribution is 5.38. The van der Waals surface area contributed by atoms with E-state index in [4.69, 9.17) is 4.98 Å². The summed E-state index contributed by atoms with van der Waals surface area (Å²) in [4.78, 5) is 14.0. The molecule has 0 amide bonds. The molecule has 114 valence electrons. The first kappa shape index (κ1) is 13.5. The van der Waals surface area contributed by atoms with Gasteiger partial charge in [0.2, 0.25) is 0 Å². The number of nitrogens with zero attached hydrogens (tertiary/aromatic N) is 4. The lowest BCUT2D eigenvalue weighted by Crippen LogP contribution is -2.44. The summed E-state index contributed by atoms with van der Waals surface area (Å²) in [7, 11) is 0. The fraction of sp³-hybridized carbons (Fsp3) is 0.750. The normalized spacial score (nSPS) is 28.2. The van der Waals surface area contributed by atoms with Crippen molar-refractivity contribution in [3.8, 4) is 0 Å². The third kappa shape index (κ3) is 2.90. The van der Waals surface area contributed by atoms with E-state index in [0.717, 1.165) is 44.2 Å². The van der Waals surface area contributed by atoms with E-state index >= 15 is 0 Å². The lowest BCUT2D eigenvalue weighted by atomic mass is 10.0. The zero-order chi connectivity index (χ0) is 14.2. The topological polar surface area (TPSA) is 52.5 Å². The number of β-amino-alcohol motifs (C(OH)–C–C–N with tert-alkyl or cyclic N) is 1. The second kappa shape index (κ2) is 5.54. The van der Waals surface area contributed by atoms with E-state index in [1.54, 1.807) is 0 Å². The van der Waals surface area contributed by atoms with Crippen LogP contribution in [0, 0.1) is 0 Å². The van der Waals surface area contributed by atoms with E-state index in [0.29, 0.717) is 12.0 Å². The highest BCUT2D eigenvalue weighted by Crippen LogP contribution is 2.38. The van der Waals surface area contributed by atoms with E-state index in [2.05, 4.69) is 14.8 Å². The minimum absolute atomic E-state index is 0.106. The van der Waals surface area contributed by atoms with Gasteiger partial charge in [-0.3, -0.25) is 4.90 Å². The SMILES string of the molecule is OC1CCN(C2CCN(c3ccnc(C4CC4)n3)CC2)C1. The van der Waals surface area contributed by atoms with Gasteiger partial charge >= 0.3 is 0 Å². The van der Waals surface area contributed by atoms with Gasteiger partial charge in [0.25, 0.3) is 0 Å². The number of anilines is 1. The number of aromatic nitrogens is 2. The fourth-order valence-electron chi connectivity index (χ4n) is 3.64. The monoisotopic (exact) mass is 288 g/mol. The molecular formula is C16H24N4O. The van der Waals surface area contributed by atoms with E-state index < -0.39 is 0 Å². The maximum absolute atomic E-state index is 9.68. The molecule has 0 bridgehead atoms. The Labute approximate surface area is 126 Å². The number of aliphatic hydroxyl groups is 1. The number of aliphatic hydroxyl groups excluding tert-OH is 1. The molecule has 3 aliphatic rings. The Bertz CT molecular complexity index is 497. The predicted molar refractivity (Wildman–Crippen MR) is 81.4 cm³/mol. The third-order valence-corrected chi connectivity index (χ3v) is 5.10. The van der Waals surface area contributed by atoms with Crippen molar-refractivity contribution in [2.75, 3.05) is 31.1 Å². The lowest BCUT2D eigenvalue weighted by molar-refractivity contribution is 0.148. The number of hydrogen-bond acceptors (Lipinski definition) is 5. The first-order valence-corrected chi connectivity index (χ1v) is 8.29. The van der Waals surface area contributed by atoms with Crippen molar-refractivity contribution >= 4 is 5.82 Å². The summed E-state index contributed by atoms with van der Waals surface area (Å²) >= 11 is 0. The van der Waals surface area contributed by atoms with E-state index in [9.17, 15) is 5.11 Å². The van der Waals surface area contributed by atoms with Crippen LogP contribution in [-0.4, -0.2) is 58.3 Å². The minimum atomic E-state index is -0.106. The molecule has 1 aromatic heterocycles. The molecule has 1 aliphatic carbocycles. The van der Waals surface area contributed by atoms with Gasteiger partial charge in [0.05, 0.1) is 6.10 Å². The van der Waals surface area contributed by atoms with Crippen LogP contribution in [0.3, 0.4) is 0 Å². The van der Waals surface area contributed by atoms with Crippen LogP contribution in [0.4, 0.5) is 5.82 Å². The smallest absolute Gasteiger partial charge is 0.133 e. The van der Waals surface area contributed by atoms with Crippen molar-refractivity contribution in [3.63, 3.8) is 0 Å². The summed E-state index contributed by atoms with van der Waals surface area (Å²) in [5.74, 6) is 2.76. The Morgan fingerprint density at radius 2 is 1.86 bits per heavy atom. The zero-order valence-electron chi connectivity index (χ0n) is 12.5. The first-order valence-electron chi connectivity index (χ1n) is 8.29. The van der Waals surface area contributed by atoms with E-state index in [1.165, 1.54) is 25.7 Å². The predicted octanol–water partition coefficient (Wildman–Crippen LogP) is 1.39. The third-order valence-electron chi connectivity index (χ3n) is 5.10. The molecule has 3 fully saturated rings. The Kier molecular flexibility index (Phi) is 3.55. The van der Waals surface area contributed by atoms with Gasteiger partial charge in [-0.15, -0.1) is 0 Å². The average molecular weight is 288 g/mol. The standard InChI is InChI=1S/C16H24N4O/c21-14-6-10-20(11-14)13-4-8-19(9-5-13)15-3-7-17-16(18-15)12-1-2-12/h3,7,12-14,21H,1-2,4-6,8-11H2. The van der Waals surface area contributed by atoms with Crippen LogP contribution < -0.4 is 4.90 Å². The summed E-state index contributed by atoms with van der Waals surface area (Å²) in [6.07, 6.45) is 7.61. The number of piperidine rings is 1. The van der Waals surface area contributed by atoms with Gasteiger partial charge < -0.3 is 10.0 Å². The molecule has 1 aromatic rings. The van der Waals surface area contributed by atoms with E-state index in [-0.39, 0.29) is 6.10 Å². The number of hydrogen-bond donors (Lipinski definition) is 1. The van der Waals surface area contributed by atoms with Gasteiger partial charge in [0.15, 0.2) is 0 Å². The van der Waals surface area contributed by atoms with Crippen LogP contribution in [0.5, 0.6) is 0 Å². The molecule has 2 saturated heterocycles. The van der Waals surface area contributed by atoms with Crippen LogP contribution in [0.2, 0.25) is 0 Å². The molecular weight excluding hydrogens is 264 g/mol. The van der Waals surface area contributed by atoms with Gasteiger partial charge in [0, 0.05) is 44.3 Å². The molecule has 0 radical (unpaired) electrons. The molecule has 21 heavy (non-hydrogen) atoms. The second-order valence-electron chi connectivity index (χ2n) is 6.70. The molecule has 5 nitrogen and oxygen atoms in total. The molecule has 1 saturated carbocycles. The molecule has 1 atom stereocenters. The molecule has 3 heterocycles. The van der Waals surface area contributed by atoms with Crippen LogP contribution >= 0.6 is 0 Å². The molecule has 0 aromatic carbocycles. The molecule has 5 heteroatoms. The first-order chi connectivity index (χ1) is 10.3. The lowest BCUT2D eigenvalue weighted by Gasteiger charge is -2.37. The molecule has 1 unspecified atom stereocenters. The average Bonchev–Trinajstić information content (AvgIpc) is 3.29. The number of likely N-dealkylation sites (tertiary alicyclic amines) is 1. The second-order valence-corrected chi connectivity index (χ2v) is 6.70. The number of rotatable bonds is 3. The van der Waals surface area contributed by atoms with Gasteiger partial charge in [-0.1, -0.05) is 0 Å². The van der Waals surface area contributed by atoms with Crippen molar-refractivity contribution in [2.45, 2.75) is 50.2 Å². The van der Waals surface area contributed by atoms with E-state index in [1.807, 2.05) is 12.3 Å².